The van der Waals surface area contributed by atoms with E-state index in [9.17, 15) is 19.8 Å². The van der Waals surface area contributed by atoms with Crippen LogP contribution in [-0.4, -0.2) is 75.3 Å². The normalized spacial score (nSPS) is 21.2. The van der Waals surface area contributed by atoms with Gasteiger partial charge in [-0.3, -0.25) is 0 Å². The van der Waals surface area contributed by atoms with Crippen LogP contribution in [0, 0.1) is 0 Å². The van der Waals surface area contributed by atoms with Crippen molar-refractivity contribution in [3.8, 4) is 0 Å². The average Bonchev–Trinajstić information content (AvgIpc) is 3.45. The number of fused-ring (bicyclic) bond motifs is 1. The average molecular weight is 535 g/mol. The van der Waals surface area contributed by atoms with Crippen molar-refractivity contribution in [1.29, 1.82) is 0 Å². The van der Waals surface area contributed by atoms with Gasteiger partial charge in [0, 0.05) is 18.4 Å². The Morgan fingerprint density at radius 3 is 2.71 bits per heavy atom. The van der Waals surface area contributed by atoms with Crippen LogP contribution in [-0.2, 0) is 25.5 Å². The zero-order valence-electron chi connectivity index (χ0n) is 19.9. The minimum atomic E-state index is -2.69. The number of carboxylic acid groups (broad SMARTS) is 2. The summed E-state index contributed by atoms with van der Waals surface area (Å²) < 4.78 is 26.3. The van der Waals surface area contributed by atoms with Gasteiger partial charge in [-0.15, -0.1) is 0 Å². The number of anilines is 4. The molecule has 2 aliphatic rings. The van der Waals surface area contributed by atoms with Gasteiger partial charge < -0.3 is 52.6 Å². The number of hydrogen-bond acceptors (Lipinski definition) is 13. The SMILES string of the molecule is N/N=C(\NN)c1cccc(CC(OCC2CC(F)C(N3CNc4c(N)nc(N)nc43)O2)(C(=O)O)C(=O)O)c1. The number of hydrazine groups is 1. The number of hydrazone groups is 1. The number of aliphatic carboxylic acids is 2. The summed E-state index contributed by atoms with van der Waals surface area (Å²) in [6.45, 7) is -0.413. The Morgan fingerprint density at radius 1 is 1.32 bits per heavy atom. The summed E-state index contributed by atoms with van der Waals surface area (Å²) in [5.41, 5.74) is 12.2. The second-order valence-electron chi connectivity index (χ2n) is 8.62. The molecule has 16 nitrogen and oxygen atoms in total. The van der Waals surface area contributed by atoms with Gasteiger partial charge in [-0.25, -0.2) is 19.8 Å². The molecule has 0 amide bonds. The number of amidine groups is 1. The molecule has 0 saturated carbocycles. The number of halogens is 1. The lowest BCUT2D eigenvalue weighted by Crippen LogP contribution is -2.52. The van der Waals surface area contributed by atoms with E-state index in [0.717, 1.165) is 0 Å². The Labute approximate surface area is 214 Å². The maximum absolute atomic E-state index is 15.0. The van der Waals surface area contributed by atoms with Crippen LogP contribution < -0.4 is 38.8 Å². The molecule has 3 unspecified atom stereocenters. The van der Waals surface area contributed by atoms with Crippen molar-refractivity contribution in [3.63, 3.8) is 0 Å². The number of nitrogens with one attached hydrogen (secondary N) is 2. The first-order valence-corrected chi connectivity index (χ1v) is 11.3. The Balaban J connectivity index is 1.50. The number of nitrogens with two attached hydrogens (primary N) is 4. The van der Waals surface area contributed by atoms with Crippen molar-refractivity contribution in [1.82, 2.24) is 15.4 Å². The van der Waals surface area contributed by atoms with Crippen LogP contribution in [0.4, 0.5) is 27.7 Å². The number of carboxylic acids is 2. The molecule has 12 N–H and O–H groups in total. The fraction of sp³-hybridized carbons (Fsp3) is 0.381. The molecule has 4 rings (SSSR count). The number of carbonyl (C=O) groups is 2. The molecule has 0 radical (unpaired) electrons. The second-order valence-corrected chi connectivity index (χ2v) is 8.62. The van der Waals surface area contributed by atoms with Crippen molar-refractivity contribution >= 4 is 41.0 Å². The highest BCUT2D eigenvalue weighted by Gasteiger charge is 2.50. The summed E-state index contributed by atoms with van der Waals surface area (Å²) in [6.07, 6.45) is -4.38. The van der Waals surface area contributed by atoms with Crippen LogP contribution in [0.15, 0.2) is 29.4 Å². The van der Waals surface area contributed by atoms with E-state index < -0.39 is 49.1 Å². The second kappa shape index (κ2) is 10.5. The number of aromatic nitrogens is 2. The summed E-state index contributed by atoms with van der Waals surface area (Å²) in [5.74, 6) is 7.49. The summed E-state index contributed by atoms with van der Waals surface area (Å²) in [5, 5.41) is 26.2. The maximum Gasteiger partial charge on any atom is 0.348 e. The molecule has 0 bridgehead atoms. The lowest BCUT2D eigenvalue weighted by molar-refractivity contribution is -0.187. The van der Waals surface area contributed by atoms with E-state index in [1.807, 2.05) is 0 Å². The van der Waals surface area contributed by atoms with Gasteiger partial charge >= 0.3 is 11.9 Å². The lowest BCUT2D eigenvalue weighted by Gasteiger charge is -2.28. The zero-order valence-corrected chi connectivity index (χ0v) is 19.9. The highest BCUT2D eigenvalue weighted by atomic mass is 19.1. The number of hydrogen-bond donors (Lipinski definition) is 8. The number of nitrogens with zero attached hydrogens (tertiary/aromatic N) is 4. The molecule has 1 aromatic heterocycles. The fourth-order valence-electron chi connectivity index (χ4n) is 4.36. The first kappa shape index (κ1) is 26.6. The molecular weight excluding hydrogens is 507 g/mol. The molecule has 1 fully saturated rings. The van der Waals surface area contributed by atoms with E-state index in [-0.39, 0.29) is 42.1 Å². The number of alkyl halides is 1. The predicted molar refractivity (Wildman–Crippen MR) is 132 cm³/mol. The highest BCUT2D eigenvalue weighted by molar-refractivity contribution is 6.02. The third-order valence-electron chi connectivity index (χ3n) is 6.20. The van der Waals surface area contributed by atoms with Crippen LogP contribution in [0.25, 0.3) is 0 Å². The van der Waals surface area contributed by atoms with Crippen LogP contribution in [0.2, 0.25) is 0 Å². The van der Waals surface area contributed by atoms with Crippen LogP contribution in [0.5, 0.6) is 0 Å². The third-order valence-corrected chi connectivity index (χ3v) is 6.20. The van der Waals surface area contributed by atoms with E-state index in [0.29, 0.717) is 11.3 Å². The van der Waals surface area contributed by atoms with E-state index in [1.165, 1.54) is 17.0 Å². The molecule has 3 atom stereocenters. The highest BCUT2D eigenvalue weighted by Crippen LogP contribution is 2.39. The molecule has 204 valence electrons. The number of nitrogen functional groups attached to an aromatic ring is 2. The Morgan fingerprint density at radius 2 is 2.05 bits per heavy atom. The summed E-state index contributed by atoms with van der Waals surface area (Å²) >= 11 is 0. The fourth-order valence-corrected chi connectivity index (χ4v) is 4.36. The van der Waals surface area contributed by atoms with Gasteiger partial charge in [0.25, 0.3) is 5.60 Å². The van der Waals surface area contributed by atoms with Crippen molar-refractivity contribution in [2.45, 2.75) is 36.9 Å². The monoisotopic (exact) mass is 534 g/mol. The quantitative estimate of drug-likeness (QED) is 0.0600. The van der Waals surface area contributed by atoms with Gasteiger partial charge in [0.1, 0.15) is 11.9 Å². The van der Waals surface area contributed by atoms with Gasteiger partial charge in [-0.2, -0.15) is 15.1 Å². The van der Waals surface area contributed by atoms with Gasteiger partial charge in [-0.1, -0.05) is 18.2 Å². The van der Waals surface area contributed by atoms with E-state index in [4.69, 9.17) is 32.6 Å². The molecule has 1 aromatic carbocycles. The van der Waals surface area contributed by atoms with E-state index in [2.05, 4.69) is 25.8 Å². The third kappa shape index (κ3) is 4.89. The Kier molecular flexibility index (Phi) is 7.33. The number of rotatable bonds is 9. The minimum Gasteiger partial charge on any atom is -0.479 e. The van der Waals surface area contributed by atoms with Gasteiger partial charge in [0.2, 0.25) is 5.95 Å². The largest absolute Gasteiger partial charge is 0.479 e. The van der Waals surface area contributed by atoms with Crippen molar-refractivity contribution in [3.05, 3.63) is 35.4 Å². The van der Waals surface area contributed by atoms with E-state index in [1.54, 1.807) is 12.1 Å². The van der Waals surface area contributed by atoms with Crippen molar-refractivity contribution in [2.75, 3.05) is 35.0 Å². The molecule has 1 saturated heterocycles. The van der Waals surface area contributed by atoms with Crippen LogP contribution >= 0.6 is 0 Å². The first-order chi connectivity index (χ1) is 18.1. The van der Waals surface area contributed by atoms with E-state index >= 15 is 4.39 Å². The minimum absolute atomic E-state index is 0.0900. The lowest BCUT2D eigenvalue weighted by atomic mass is 9.93. The standard InChI is InChI=1S/C21H27FN10O6/c22-12-5-11(38-17(12)32-8-27-13-14(23)28-20(24)29-16(13)32)7-37-21(18(33)34,19(35)36)6-9-2-1-3-10(4-9)15(30-25)31-26/h1-4,11-12,17,27H,5-8,25-26H2,(H,30,31)(H,33,34)(H,35,36)(H4,23,24,28,29). The van der Waals surface area contributed by atoms with Crippen LogP contribution in [0.1, 0.15) is 17.5 Å². The molecule has 3 heterocycles. The Hall–Kier alpha value is -4.48. The molecule has 0 spiro atoms. The van der Waals surface area contributed by atoms with Crippen molar-refractivity contribution in [2.24, 2.45) is 16.8 Å². The number of benzene rings is 1. The number of ether oxygens (including phenoxy) is 2. The smallest absolute Gasteiger partial charge is 0.348 e. The predicted octanol–water partition coefficient (Wildman–Crippen LogP) is -1.47. The molecule has 17 heteroatoms. The topological polar surface area (TPSA) is 263 Å². The summed E-state index contributed by atoms with van der Waals surface area (Å²) in [7, 11) is 0. The molecular formula is C21H27FN10O6. The van der Waals surface area contributed by atoms with Crippen LogP contribution in [0.3, 0.4) is 0 Å². The Bertz CT molecular complexity index is 1250. The van der Waals surface area contributed by atoms with Gasteiger partial charge in [0.05, 0.1) is 19.4 Å². The molecule has 38 heavy (non-hydrogen) atoms. The maximum atomic E-state index is 15.0. The summed E-state index contributed by atoms with van der Waals surface area (Å²) in [4.78, 5) is 33.8. The van der Waals surface area contributed by atoms with Gasteiger partial charge in [0.15, 0.2) is 23.7 Å². The summed E-state index contributed by atoms with van der Waals surface area (Å²) in [6, 6.07) is 6.11. The van der Waals surface area contributed by atoms with Gasteiger partial charge in [-0.05, 0) is 11.6 Å². The molecule has 2 aromatic rings. The first-order valence-electron chi connectivity index (χ1n) is 11.3. The molecule has 2 aliphatic heterocycles. The zero-order chi connectivity index (χ0) is 27.6. The van der Waals surface area contributed by atoms with Crippen molar-refractivity contribution < 1.29 is 33.7 Å². The molecule has 0 aliphatic carbocycles.